The molecule has 1 N–H and O–H groups in total. The van der Waals surface area contributed by atoms with Gasteiger partial charge in [0.25, 0.3) is 5.91 Å². The van der Waals surface area contributed by atoms with Crippen LogP contribution in [0.1, 0.15) is 35.4 Å². The lowest BCUT2D eigenvalue weighted by Crippen LogP contribution is -2.12. The number of rotatable bonds is 3. The van der Waals surface area contributed by atoms with Gasteiger partial charge in [-0.25, -0.2) is 0 Å². The summed E-state index contributed by atoms with van der Waals surface area (Å²) in [6.45, 7) is 0.942. The van der Waals surface area contributed by atoms with Gasteiger partial charge in [0.15, 0.2) is 5.82 Å². The minimum atomic E-state index is -0.165. The molecule has 138 valence electrons. The van der Waals surface area contributed by atoms with E-state index in [2.05, 4.69) is 42.7 Å². The Morgan fingerprint density at radius 2 is 2.00 bits per heavy atom. The van der Waals surface area contributed by atoms with Crippen LogP contribution in [-0.2, 0) is 13.0 Å². The summed E-state index contributed by atoms with van der Waals surface area (Å²) in [6, 6.07) is 13.0. The Kier molecular flexibility index (Phi) is 5.45. The van der Waals surface area contributed by atoms with Crippen molar-refractivity contribution < 1.29 is 4.79 Å². The number of halogens is 2. The van der Waals surface area contributed by atoms with Crippen LogP contribution < -0.4 is 5.32 Å². The zero-order valence-electron chi connectivity index (χ0n) is 14.6. The molecule has 3 aromatic rings. The lowest BCUT2D eigenvalue weighted by Gasteiger charge is -2.10. The summed E-state index contributed by atoms with van der Waals surface area (Å²) in [7, 11) is 0. The molecular formula is C20H18ClIN4O. The van der Waals surface area contributed by atoms with Crippen LogP contribution >= 0.6 is 34.2 Å². The zero-order chi connectivity index (χ0) is 18.8. The Labute approximate surface area is 176 Å². The topological polar surface area (TPSA) is 59.8 Å². The number of aryl methyl sites for hydroxylation is 1. The largest absolute Gasteiger partial charge is 0.322 e. The van der Waals surface area contributed by atoms with Gasteiger partial charge in [0.2, 0.25) is 0 Å². The summed E-state index contributed by atoms with van der Waals surface area (Å²) >= 11 is 8.16. The number of benzene rings is 2. The Bertz CT molecular complexity index is 1000. The van der Waals surface area contributed by atoms with Gasteiger partial charge in [0.05, 0.1) is 5.02 Å². The van der Waals surface area contributed by atoms with Crippen molar-refractivity contribution >= 4 is 45.8 Å². The van der Waals surface area contributed by atoms with Gasteiger partial charge in [0, 0.05) is 33.4 Å². The molecule has 0 unspecified atom stereocenters. The molecule has 0 aliphatic carbocycles. The molecular weight excluding hydrogens is 475 g/mol. The summed E-state index contributed by atoms with van der Waals surface area (Å²) in [4.78, 5) is 12.6. The molecule has 1 aliphatic heterocycles. The first-order valence-electron chi connectivity index (χ1n) is 8.91. The first-order chi connectivity index (χ1) is 13.1. The number of aromatic nitrogens is 3. The molecule has 1 aliphatic rings. The van der Waals surface area contributed by atoms with Crippen molar-refractivity contribution in [1.29, 1.82) is 0 Å². The van der Waals surface area contributed by atoms with Crippen molar-refractivity contribution in [3.63, 3.8) is 0 Å². The third kappa shape index (κ3) is 4.01. The van der Waals surface area contributed by atoms with Gasteiger partial charge in [-0.05, 0) is 65.8 Å². The first kappa shape index (κ1) is 18.4. The van der Waals surface area contributed by atoms with Crippen LogP contribution in [0.2, 0.25) is 5.02 Å². The maximum Gasteiger partial charge on any atom is 0.255 e. The molecule has 27 heavy (non-hydrogen) atoms. The standard InChI is InChI=1S/C20H18ClIN4O/c21-16-9-8-14(12-17(16)22)20(27)23-15-6-4-5-13(11-15)19-25-24-18-7-2-1-3-10-26(18)19/h4-6,8-9,11-12H,1-3,7,10H2,(H,23,27). The molecule has 0 saturated carbocycles. The van der Waals surface area contributed by atoms with Gasteiger partial charge in [0.1, 0.15) is 5.82 Å². The second kappa shape index (κ2) is 7.98. The summed E-state index contributed by atoms with van der Waals surface area (Å²) in [5.74, 6) is 1.75. The maximum absolute atomic E-state index is 12.6. The van der Waals surface area contributed by atoms with Gasteiger partial charge in [-0.15, -0.1) is 10.2 Å². The molecule has 0 spiro atoms. The van der Waals surface area contributed by atoms with Crippen LogP contribution in [0.3, 0.4) is 0 Å². The van der Waals surface area contributed by atoms with E-state index in [1.165, 1.54) is 6.42 Å². The molecule has 0 atom stereocenters. The highest BCUT2D eigenvalue weighted by atomic mass is 127. The van der Waals surface area contributed by atoms with Crippen molar-refractivity contribution in [2.75, 3.05) is 5.32 Å². The fourth-order valence-corrected chi connectivity index (χ4v) is 3.91. The van der Waals surface area contributed by atoms with Crippen LogP contribution in [-0.4, -0.2) is 20.7 Å². The summed E-state index contributed by atoms with van der Waals surface area (Å²) in [5, 5.41) is 12.4. The number of hydrogen-bond donors (Lipinski definition) is 1. The summed E-state index contributed by atoms with van der Waals surface area (Å²) in [6.07, 6.45) is 4.50. The number of carbonyl (C=O) groups is 1. The predicted octanol–water partition coefficient (Wildman–Crippen LogP) is 5.18. The predicted molar refractivity (Wildman–Crippen MR) is 115 cm³/mol. The zero-order valence-corrected chi connectivity index (χ0v) is 17.5. The van der Waals surface area contributed by atoms with Crippen LogP contribution in [0.5, 0.6) is 0 Å². The Balaban J connectivity index is 1.59. The smallest absolute Gasteiger partial charge is 0.255 e. The highest BCUT2D eigenvalue weighted by Crippen LogP contribution is 2.25. The number of fused-ring (bicyclic) bond motifs is 1. The fourth-order valence-electron chi connectivity index (χ4n) is 3.28. The van der Waals surface area contributed by atoms with E-state index in [4.69, 9.17) is 11.6 Å². The number of hydrogen-bond acceptors (Lipinski definition) is 3. The van der Waals surface area contributed by atoms with E-state index < -0.39 is 0 Å². The van der Waals surface area contributed by atoms with Crippen molar-refractivity contribution in [3.8, 4) is 11.4 Å². The molecule has 4 rings (SSSR count). The fraction of sp³-hybridized carbons (Fsp3) is 0.250. The molecule has 0 radical (unpaired) electrons. The van der Waals surface area contributed by atoms with Gasteiger partial charge in [-0.2, -0.15) is 0 Å². The van der Waals surface area contributed by atoms with E-state index in [9.17, 15) is 4.79 Å². The normalized spacial score (nSPS) is 13.7. The molecule has 2 heterocycles. The second-order valence-electron chi connectivity index (χ2n) is 6.57. The average Bonchev–Trinajstić information content (AvgIpc) is 2.92. The SMILES string of the molecule is O=C(Nc1cccc(-c2nnc3n2CCCCC3)c1)c1ccc(Cl)c(I)c1. The minimum absolute atomic E-state index is 0.165. The molecule has 0 fully saturated rings. The van der Waals surface area contributed by atoms with Gasteiger partial charge in [-0.1, -0.05) is 30.2 Å². The van der Waals surface area contributed by atoms with Crippen LogP contribution in [0.15, 0.2) is 42.5 Å². The van der Waals surface area contributed by atoms with Crippen molar-refractivity contribution in [2.45, 2.75) is 32.2 Å². The molecule has 0 saturated heterocycles. The van der Waals surface area contributed by atoms with Gasteiger partial charge < -0.3 is 9.88 Å². The Morgan fingerprint density at radius 1 is 1.11 bits per heavy atom. The van der Waals surface area contributed by atoms with Crippen LogP contribution in [0.4, 0.5) is 5.69 Å². The van der Waals surface area contributed by atoms with E-state index in [1.54, 1.807) is 18.2 Å². The van der Waals surface area contributed by atoms with E-state index in [0.717, 1.165) is 52.3 Å². The van der Waals surface area contributed by atoms with E-state index >= 15 is 0 Å². The Hall–Kier alpha value is -1.93. The highest BCUT2D eigenvalue weighted by molar-refractivity contribution is 14.1. The molecule has 0 bridgehead atoms. The first-order valence-corrected chi connectivity index (χ1v) is 10.4. The van der Waals surface area contributed by atoms with E-state index in [1.807, 2.05) is 24.3 Å². The summed E-state index contributed by atoms with van der Waals surface area (Å²) in [5.41, 5.74) is 2.26. The molecule has 1 amide bonds. The van der Waals surface area contributed by atoms with Gasteiger partial charge in [-0.3, -0.25) is 4.79 Å². The highest BCUT2D eigenvalue weighted by Gasteiger charge is 2.16. The summed E-state index contributed by atoms with van der Waals surface area (Å²) < 4.78 is 3.05. The van der Waals surface area contributed by atoms with Crippen molar-refractivity contribution in [1.82, 2.24) is 14.8 Å². The van der Waals surface area contributed by atoms with Gasteiger partial charge >= 0.3 is 0 Å². The average molecular weight is 493 g/mol. The maximum atomic E-state index is 12.6. The lowest BCUT2D eigenvalue weighted by molar-refractivity contribution is 0.102. The van der Waals surface area contributed by atoms with Crippen molar-refractivity contribution in [3.05, 3.63) is 62.4 Å². The lowest BCUT2D eigenvalue weighted by atomic mass is 10.1. The molecule has 1 aromatic heterocycles. The van der Waals surface area contributed by atoms with Crippen LogP contribution in [0, 0.1) is 3.57 Å². The Morgan fingerprint density at radius 3 is 2.85 bits per heavy atom. The second-order valence-corrected chi connectivity index (χ2v) is 8.14. The number of nitrogens with one attached hydrogen (secondary N) is 1. The number of anilines is 1. The number of carbonyl (C=O) groups excluding carboxylic acids is 1. The number of amides is 1. The molecule has 7 heteroatoms. The van der Waals surface area contributed by atoms with Crippen LogP contribution in [0.25, 0.3) is 11.4 Å². The molecule has 5 nitrogen and oxygen atoms in total. The van der Waals surface area contributed by atoms with E-state index in [0.29, 0.717) is 10.6 Å². The monoisotopic (exact) mass is 492 g/mol. The number of nitrogens with zero attached hydrogens (tertiary/aromatic N) is 3. The quantitative estimate of drug-likeness (QED) is 0.513. The minimum Gasteiger partial charge on any atom is -0.322 e. The third-order valence-electron chi connectivity index (χ3n) is 4.67. The van der Waals surface area contributed by atoms with E-state index in [-0.39, 0.29) is 5.91 Å². The molecule has 2 aromatic carbocycles. The third-order valence-corrected chi connectivity index (χ3v) is 6.21. The van der Waals surface area contributed by atoms with Crippen molar-refractivity contribution in [2.24, 2.45) is 0 Å².